The lowest BCUT2D eigenvalue weighted by molar-refractivity contribution is 0.0706. The van der Waals surface area contributed by atoms with Crippen LogP contribution in [0.5, 0.6) is 0 Å². The van der Waals surface area contributed by atoms with Gasteiger partial charge < -0.3 is 4.90 Å². The highest BCUT2D eigenvalue weighted by molar-refractivity contribution is 7.15. The van der Waals surface area contributed by atoms with Gasteiger partial charge in [-0.2, -0.15) is 5.10 Å². The number of likely N-dealkylation sites (tertiary alicyclic amines) is 1. The van der Waals surface area contributed by atoms with Crippen molar-refractivity contribution in [2.24, 2.45) is 7.05 Å². The number of amides is 1. The van der Waals surface area contributed by atoms with E-state index in [0.717, 1.165) is 34.1 Å². The fraction of sp³-hybridized carbons (Fsp3) is 0.389. The quantitative estimate of drug-likeness (QED) is 0.671. The van der Waals surface area contributed by atoms with E-state index in [9.17, 15) is 4.79 Å². The lowest BCUT2D eigenvalue weighted by Crippen LogP contribution is -2.38. The molecule has 140 valence electrons. The van der Waals surface area contributed by atoms with Gasteiger partial charge in [0.2, 0.25) is 0 Å². The summed E-state index contributed by atoms with van der Waals surface area (Å²) in [5, 5.41) is 5.69. The number of nitrogens with zero attached hydrogens (tertiary/aromatic N) is 6. The Labute approximate surface area is 166 Å². The van der Waals surface area contributed by atoms with E-state index >= 15 is 0 Å². The van der Waals surface area contributed by atoms with Crippen LogP contribution in [0.1, 0.15) is 39.9 Å². The SMILES string of the molecule is Cc1nc(C2CCN(C(=O)c3nn(C)cc3Cl)CC2)sc1-c1ccncn1. The summed E-state index contributed by atoms with van der Waals surface area (Å²) in [4.78, 5) is 28.7. The van der Waals surface area contributed by atoms with Crippen LogP contribution in [0.25, 0.3) is 10.6 Å². The van der Waals surface area contributed by atoms with E-state index in [1.807, 2.05) is 17.9 Å². The van der Waals surface area contributed by atoms with Gasteiger partial charge in [-0.3, -0.25) is 9.48 Å². The molecule has 0 aromatic carbocycles. The number of hydrogen-bond donors (Lipinski definition) is 0. The molecule has 3 aromatic rings. The van der Waals surface area contributed by atoms with Crippen molar-refractivity contribution in [1.29, 1.82) is 0 Å². The summed E-state index contributed by atoms with van der Waals surface area (Å²) in [5.41, 5.74) is 2.23. The molecule has 1 amide bonds. The molecule has 1 saturated heterocycles. The molecule has 3 aromatic heterocycles. The maximum absolute atomic E-state index is 12.7. The van der Waals surface area contributed by atoms with Gasteiger partial charge in [0.05, 0.1) is 26.3 Å². The van der Waals surface area contributed by atoms with Crippen LogP contribution in [0.3, 0.4) is 0 Å². The van der Waals surface area contributed by atoms with Gasteiger partial charge in [-0.15, -0.1) is 11.3 Å². The minimum atomic E-state index is -0.101. The van der Waals surface area contributed by atoms with Crippen molar-refractivity contribution in [2.45, 2.75) is 25.7 Å². The summed E-state index contributed by atoms with van der Waals surface area (Å²) in [6, 6.07) is 1.90. The zero-order chi connectivity index (χ0) is 19.0. The first-order valence-electron chi connectivity index (χ1n) is 8.75. The van der Waals surface area contributed by atoms with Crippen LogP contribution in [-0.2, 0) is 7.05 Å². The molecule has 27 heavy (non-hydrogen) atoms. The number of aromatic nitrogens is 5. The lowest BCUT2D eigenvalue weighted by atomic mass is 9.97. The van der Waals surface area contributed by atoms with Gasteiger partial charge >= 0.3 is 0 Å². The second-order valence-corrected chi connectivity index (χ2v) is 8.06. The molecule has 0 radical (unpaired) electrons. The summed E-state index contributed by atoms with van der Waals surface area (Å²) in [6.45, 7) is 3.37. The molecule has 0 unspecified atom stereocenters. The molecule has 1 fully saturated rings. The Morgan fingerprint density at radius 1 is 1.33 bits per heavy atom. The summed E-state index contributed by atoms with van der Waals surface area (Å²) in [5.74, 6) is 0.253. The molecule has 9 heteroatoms. The van der Waals surface area contributed by atoms with E-state index in [4.69, 9.17) is 16.6 Å². The second kappa shape index (κ2) is 7.36. The van der Waals surface area contributed by atoms with Crippen molar-refractivity contribution in [2.75, 3.05) is 13.1 Å². The number of carbonyl (C=O) groups is 1. The number of piperidine rings is 1. The van der Waals surface area contributed by atoms with Gasteiger partial charge in [0.25, 0.3) is 5.91 Å². The largest absolute Gasteiger partial charge is 0.337 e. The molecule has 1 aliphatic rings. The van der Waals surface area contributed by atoms with E-state index in [-0.39, 0.29) is 5.91 Å². The first-order chi connectivity index (χ1) is 13.0. The molecule has 7 nitrogen and oxygen atoms in total. The molecule has 1 aliphatic heterocycles. The van der Waals surface area contributed by atoms with Crippen LogP contribution >= 0.6 is 22.9 Å². The second-order valence-electron chi connectivity index (χ2n) is 6.63. The molecule has 4 heterocycles. The minimum absolute atomic E-state index is 0.101. The Bertz CT molecular complexity index is 962. The number of aryl methyl sites for hydroxylation is 2. The molecular weight excluding hydrogens is 384 g/mol. The van der Waals surface area contributed by atoms with Crippen LogP contribution < -0.4 is 0 Å². The Hall–Kier alpha value is -2.32. The fourth-order valence-corrected chi connectivity index (χ4v) is 4.81. The lowest BCUT2D eigenvalue weighted by Gasteiger charge is -2.30. The highest BCUT2D eigenvalue weighted by atomic mass is 35.5. The minimum Gasteiger partial charge on any atom is -0.337 e. The topological polar surface area (TPSA) is 76.8 Å². The first kappa shape index (κ1) is 18.1. The van der Waals surface area contributed by atoms with Gasteiger partial charge in [0.1, 0.15) is 6.33 Å². The fourth-order valence-electron chi connectivity index (χ4n) is 3.34. The predicted octanol–water partition coefficient (Wildman–Crippen LogP) is 3.32. The molecule has 0 N–H and O–H groups in total. The van der Waals surface area contributed by atoms with E-state index in [1.165, 1.54) is 0 Å². The number of thiazole rings is 1. The van der Waals surface area contributed by atoms with Crippen LogP contribution in [0.2, 0.25) is 5.02 Å². The third kappa shape index (κ3) is 3.59. The van der Waals surface area contributed by atoms with Crippen molar-refractivity contribution in [3.8, 4) is 10.6 Å². The maximum atomic E-state index is 12.7. The van der Waals surface area contributed by atoms with Gasteiger partial charge in [0, 0.05) is 38.4 Å². The van der Waals surface area contributed by atoms with Crippen LogP contribution in [0.15, 0.2) is 24.8 Å². The zero-order valence-corrected chi connectivity index (χ0v) is 16.7. The first-order valence-corrected chi connectivity index (χ1v) is 9.94. The highest BCUT2D eigenvalue weighted by Crippen LogP contribution is 2.36. The average molecular weight is 403 g/mol. The number of halogens is 1. The average Bonchev–Trinajstić information content (AvgIpc) is 3.23. The molecule has 0 aliphatic carbocycles. The Kier molecular flexibility index (Phi) is 4.92. The van der Waals surface area contributed by atoms with Gasteiger partial charge in [-0.1, -0.05) is 11.6 Å². The monoisotopic (exact) mass is 402 g/mol. The number of rotatable bonds is 3. The van der Waals surface area contributed by atoms with Gasteiger partial charge in [-0.05, 0) is 25.8 Å². The van der Waals surface area contributed by atoms with E-state index in [2.05, 4.69) is 15.1 Å². The Morgan fingerprint density at radius 2 is 2.11 bits per heavy atom. The Balaban J connectivity index is 1.45. The van der Waals surface area contributed by atoms with E-state index < -0.39 is 0 Å². The molecule has 4 rings (SSSR count). The standard InChI is InChI=1S/C18H19ClN6OS/c1-11-16(14-3-6-20-10-21-14)27-17(22-11)12-4-7-25(8-5-12)18(26)15-13(19)9-24(2)23-15/h3,6,9-10,12H,4-5,7-8H2,1-2H3. The van der Waals surface area contributed by atoms with Crippen LogP contribution in [-0.4, -0.2) is 48.6 Å². The zero-order valence-electron chi connectivity index (χ0n) is 15.1. The van der Waals surface area contributed by atoms with Crippen molar-refractivity contribution in [3.63, 3.8) is 0 Å². The van der Waals surface area contributed by atoms with Crippen molar-refractivity contribution < 1.29 is 4.79 Å². The van der Waals surface area contributed by atoms with E-state index in [1.54, 1.807) is 41.8 Å². The maximum Gasteiger partial charge on any atom is 0.275 e. The molecule has 0 atom stereocenters. The van der Waals surface area contributed by atoms with Gasteiger partial charge in [-0.25, -0.2) is 15.0 Å². The number of carbonyl (C=O) groups excluding carboxylic acids is 1. The third-order valence-electron chi connectivity index (χ3n) is 4.75. The van der Waals surface area contributed by atoms with Crippen molar-refractivity contribution >= 4 is 28.8 Å². The van der Waals surface area contributed by atoms with Crippen molar-refractivity contribution in [3.05, 3.63) is 46.2 Å². The molecule has 0 saturated carbocycles. The van der Waals surface area contributed by atoms with Crippen LogP contribution in [0, 0.1) is 6.92 Å². The summed E-state index contributed by atoms with van der Waals surface area (Å²) < 4.78 is 1.56. The normalized spacial score (nSPS) is 15.3. The summed E-state index contributed by atoms with van der Waals surface area (Å²) in [6.07, 6.45) is 6.71. The Morgan fingerprint density at radius 3 is 2.74 bits per heavy atom. The number of hydrogen-bond acceptors (Lipinski definition) is 6. The van der Waals surface area contributed by atoms with Crippen LogP contribution in [0.4, 0.5) is 0 Å². The smallest absolute Gasteiger partial charge is 0.275 e. The van der Waals surface area contributed by atoms with Crippen molar-refractivity contribution in [1.82, 2.24) is 29.6 Å². The summed E-state index contributed by atoms with van der Waals surface area (Å²) >= 11 is 7.80. The highest BCUT2D eigenvalue weighted by Gasteiger charge is 2.29. The van der Waals surface area contributed by atoms with Gasteiger partial charge in [0.15, 0.2) is 5.69 Å². The molecule has 0 spiro atoms. The predicted molar refractivity (Wildman–Crippen MR) is 104 cm³/mol. The molecular formula is C18H19ClN6OS. The molecule has 0 bridgehead atoms. The van der Waals surface area contributed by atoms with E-state index in [0.29, 0.717) is 29.7 Å². The summed E-state index contributed by atoms with van der Waals surface area (Å²) in [7, 11) is 1.76. The third-order valence-corrected chi connectivity index (χ3v) is 6.36.